The van der Waals surface area contributed by atoms with Gasteiger partial charge in [-0.3, -0.25) is 9.59 Å². The number of carbonyl (C=O) groups is 2. The zero-order chi connectivity index (χ0) is 18.5. The number of carbonyl (C=O) groups excluding carboxylic acids is 2. The van der Waals surface area contributed by atoms with Gasteiger partial charge in [-0.25, -0.2) is 4.98 Å². The number of nitrogens with one attached hydrogen (secondary N) is 1. The number of hydrogen-bond acceptors (Lipinski definition) is 6. The fourth-order valence-electron chi connectivity index (χ4n) is 2.37. The van der Waals surface area contributed by atoms with E-state index >= 15 is 0 Å². The van der Waals surface area contributed by atoms with Crippen LogP contribution in [0.15, 0.2) is 48.0 Å². The van der Waals surface area contributed by atoms with Gasteiger partial charge in [0.1, 0.15) is 9.88 Å². The largest absolute Gasteiger partial charge is 0.469 e. The van der Waals surface area contributed by atoms with E-state index in [0.717, 1.165) is 9.88 Å². The number of amides is 1. The van der Waals surface area contributed by atoms with E-state index in [4.69, 9.17) is 16.3 Å². The lowest BCUT2D eigenvalue weighted by Gasteiger charge is -2.18. The molecule has 0 spiro atoms. The number of nitrogens with zero attached hydrogens (tertiary/aromatic N) is 1. The van der Waals surface area contributed by atoms with Gasteiger partial charge in [-0.15, -0.1) is 22.7 Å². The molecular formula is C18H15ClN2O3S2. The molecule has 1 N–H and O–H groups in total. The summed E-state index contributed by atoms with van der Waals surface area (Å²) in [5.74, 6) is -0.738. The van der Waals surface area contributed by atoms with Crippen LogP contribution in [0.5, 0.6) is 0 Å². The van der Waals surface area contributed by atoms with Crippen molar-refractivity contribution in [1.82, 2.24) is 10.3 Å². The van der Waals surface area contributed by atoms with Crippen molar-refractivity contribution in [2.24, 2.45) is 0 Å². The Morgan fingerprint density at radius 3 is 2.77 bits per heavy atom. The molecule has 0 aliphatic heterocycles. The number of benzene rings is 1. The summed E-state index contributed by atoms with van der Waals surface area (Å²) in [6.07, 6.45) is 1.53. The minimum Gasteiger partial charge on any atom is -0.469 e. The molecule has 0 saturated carbocycles. The van der Waals surface area contributed by atoms with Crippen LogP contribution in [-0.4, -0.2) is 24.0 Å². The molecule has 8 heteroatoms. The lowest BCUT2D eigenvalue weighted by molar-refractivity contribution is -0.141. The van der Waals surface area contributed by atoms with Crippen LogP contribution < -0.4 is 5.32 Å². The molecule has 2 heterocycles. The summed E-state index contributed by atoms with van der Waals surface area (Å²) in [4.78, 5) is 30.2. The van der Waals surface area contributed by atoms with Crippen LogP contribution in [0.1, 0.15) is 27.7 Å². The zero-order valence-corrected chi connectivity index (χ0v) is 16.2. The maximum atomic E-state index is 12.7. The number of thiazole rings is 1. The molecule has 5 nitrogen and oxygen atoms in total. The van der Waals surface area contributed by atoms with Crippen LogP contribution in [0.4, 0.5) is 0 Å². The Morgan fingerprint density at radius 1 is 1.27 bits per heavy atom. The summed E-state index contributed by atoms with van der Waals surface area (Å²) in [5, 5.41) is 6.08. The smallest absolute Gasteiger partial charge is 0.307 e. The number of methoxy groups -OCH3 is 1. The Hall–Kier alpha value is -2.22. The third kappa shape index (κ3) is 4.30. The van der Waals surface area contributed by atoms with Crippen molar-refractivity contribution in [2.75, 3.05) is 7.11 Å². The van der Waals surface area contributed by atoms with E-state index in [2.05, 4.69) is 10.3 Å². The second-order valence-electron chi connectivity index (χ2n) is 5.33. The summed E-state index contributed by atoms with van der Waals surface area (Å²) >= 11 is 9.10. The minimum atomic E-state index is -0.587. The summed E-state index contributed by atoms with van der Waals surface area (Å²) in [7, 11) is 1.31. The van der Waals surface area contributed by atoms with E-state index in [1.54, 1.807) is 35.6 Å². The molecule has 3 aromatic rings. The molecule has 0 fully saturated rings. The highest BCUT2D eigenvalue weighted by molar-refractivity contribution is 7.22. The summed E-state index contributed by atoms with van der Waals surface area (Å²) < 4.78 is 4.74. The standard InChI is InChI=1S/C18H15ClN2O3S2/c1-24-16(22)9-13(11-5-2-3-6-12(11)19)21-17(23)15-10-20-18(26-15)14-7-4-8-25-14/h2-8,10,13H,9H2,1H3,(H,21,23). The molecule has 0 saturated heterocycles. The predicted molar refractivity (Wildman–Crippen MR) is 104 cm³/mol. The van der Waals surface area contributed by atoms with E-state index in [9.17, 15) is 9.59 Å². The molecule has 0 radical (unpaired) electrons. The first-order valence-electron chi connectivity index (χ1n) is 7.70. The number of ether oxygens (including phenoxy) is 1. The second-order valence-corrected chi connectivity index (χ2v) is 7.72. The van der Waals surface area contributed by atoms with Crippen molar-refractivity contribution in [3.05, 3.63) is 63.4 Å². The summed E-state index contributed by atoms with van der Waals surface area (Å²) in [6, 6.07) is 10.4. The topological polar surface area (TPSA) is 68.3 Å². The highest BCUT2D eigenvalue weighted by Crippen LogP contribution is 2.30. The van der Waals surface area contributed by atoms with Crippen LogP contribution in [-0.2, 0) is 9.53 Å². The van der Waals surface area contributed by atoms with Gasteiger partial charge < -0.3 is 10.1 Å². The monoisotopic (exact) mass is 406 g/mol. The maximum absolute atomic E-state index is 12.7. The van der Waals surface area contributed by atoms with E-state index in [0.29, 0.717) is 15.5 Å². The third-order valence-corrected chi connectivity index (χ3v) is 6.03. The normalized spacial score (nSPS) is 11.8. The highest BCUT2D eigenvalue weighted by atomic mass is 35.5. The molecule has 0 bridgehead atoms. The van der Waals surface area contributed by atoms with Crippen molar-refractivity contribution in [2.45, 2.75) is 12.5 Å². The van der Waals surface area contributed by atoms with Crippen molar-refractivity contribution in [1.29, 1.82) is 0 Å². The Labute approximate surface area is 163 Å². The fraction of sp³-hybridized carbons (Fsp3) is 0.167. The van der Waals surface area contributed by atoms with Crippen LogP contribution >= 0.6 is 34.3 Å². The molecule has 134 valence electrons. The molecule has 1 unspecified atom stereocenters. The molecule has 2 aromatic heterocycles. The zero-order valence-electron chi connectivity index (χ0n) is 13.8. The first-order valence-corrected chi connectivity index (χ1v) is 9.77. The van der Waals surface area contributed by atoms with Crippen LogP contribution in [0.2, 0.25) is 5.02 Å². The summed E-state index contributed by atoms with van der Waals surface area (Å²) in [5.41, 5.74) is 0.663. The molecular weight excluding hydrogens is 392 g/mol. The van der Waals surface area contributed by atoms with Gasteiger partial charge in [0.25, 0.3) is 5.91 Å². The van der Waals surface area contributed by atoms with Crippen molar-refractivity contribution >= 4 is 46.2 Å². The van der Waals surface area contributed by atoms with Crippen LogP contribution in [0.3, 0.4) is 0 Å². The Morgan fingerprint density at radius 2 is 2.08 bits per heavy atom. The first kappa shape index (κ1) is 18.6. The van der Waals surface area contributed by atoms with E-state index < -0.39 is 12.0 Å². The number of hydrogen-bond donors (Lipinski definition) is 1. The van der Waals surface area contributed by atoms with Crippen molar-refractivity contribution in [3.8, 4) is 9.88 Å². The van der Waals surface area contributed by atoms with Gasteiger partial charge in [0, 0.05) is 5.02 Å². The molecule has 3 rings (SSSR count). The molecule has 1 aromatic carbocycles. The van der Waals surface area contributed by atoms with Crippen LogP contribution in [0, 0.1) is 0 Å². The van der Waals surface area contributed by atoms with Crippen molar-refractivity contribution < 1.29 is 14.3 Å². The molecule has 1 amide bonds. The SMILES string of the molecule is COC(=O)CC(NC(=O)c1cnc(-c2cccs2)s1)c1ccccc1Cl. The van der Waals surface area contributed by atoms with Gasteiger partial charge in [-0.05, 0) is 23.1 Å². The molecule has 0 aliphatic carbocycles. The predicted octanol–water partition coefficient (Wildman–Crippen LogP) is 4.56. The number of thiophene rings is 1. The van der Waals surface area contributed by atoms with Gasteiger partial charge in [-0.2, -0.15) is 0 Å². The lowest BCUT2D eigenvalue weighted by Crippen LogP contribution is -2.30. The first-order chi connectivity index (χ1) is 12.6. The number of esters is 1. The average molecular weight is 407 g/mol. The van der Waals surface area contributed by atoms with Gasteiger partial charge in [0.05, 0.1) is 30.6 Å². The lowest BCUT2D eigenvalue weighted by atomic mass is 10.0. The Bertz CT molecular complexity index is 909. The maximum Gasteiger partial charge on any atom is 0.307 e. The van der Waals surface area contributed by atoms with Gasteiger partial charge in [-0.1, -0.05) is 35.9 Å². The number of halogens is 1. The van der Waals surface area contributed by atoms with E-state index in [-0.39, 0.29) is 12.3 Å². The number of rotatable bonds is 6. The fourth-order valence-corrected chi connectivity index (χ4v) is 4.26. The van der Waals surface area contributed by atoms with Gasteiger partial charge >= 0.3 is 5.97 Å². The minimum absolute atomic E-state index is 0.0114. The molecule has 26 heavy (non-hydrogen) atoms. The molecule has 0 aliphatic rings. The quantitative estimate of drug-likeness (QED) is 0.609. The summed E-state index contributed by atoms with van der Waals surface area (Å²) in [6.45, 7) is 0. The third-order valence-electron chi connectivity index (χ3n) is 3.65. The Balaban J connectivity index is 1.81. The highest BCUT2D eigenvalue weighted by Gasteiger charge is 2.23. The van der Waals surface area contributed by atoms with Gasteiger partial charge in [0.2, 0.25) is 0 Å². The van der Waals surface area contributed by atoms with E-state index in [1.807, 2.05) is 17.5 Å². The Kier molecular flexibility index (Phi) is 6.03. The van der Waals surface area contributed by atoms with E-state index in [1.165, 1.54) is 24.6 Å². The average Bonchev–Trinajstić information content (AvgIpc) is 3.32. The number of aromatic nitrogens is 1. The second kappa shape index (κ2) is 8.44. The molecule has 1 atom stereocenters. The van der Waals surface area contributed by atoms with Crippen LogP contribution in [0.25, 0.3) is 9.88 Å². The van der Waals surface area contributed by atoms with Gasteiger partial charge in [0.15, 0.2) is 0 Å². The van der Waals surface area contributed by atoms with Crippen molar-refractivity contribution in [3.63, 3.8) is 0 Å².